The zero-order valence-corrected chi connectivity index (χ0v) is 77.3. The Kier molecular flexibility index (Phi) is 36.7. The molecule has 6 aliphatic heterocycles. The van der Waals surface area contributed by atoms with E-state index in [4.69, 9.17) is 37.4 Å². The molecule has 127 heavy (non-hydrogen) atoms. The molecule has 5 aromatic carbocycles. The number of hydrogen-bond acceptors (Lipinski definition) is 15. The lowest BCUT2D eigenvalue weighted by Crippen LogP contribution is -2.37. The number of benzene rings is 5. The zero-order valence-electron chi connectivity index (χ0n) is 74.2. The van der Waals surface area contributed by atoms with Crippen LogP contribution in [0.1, 0.15) is 184 Å². The molecule has 15 rings (SSSR count). The van der Waals surface area contributed by atoms with Gasteiger partial charge in [0.05, 0.1) is 39.0 Å². The summed E-state index contributed by atoms with van der Waals surface area (Å²) >= 11 is 12.5. The molecule has 7 aromatic rings. The van der Waals surface area contributed by atoms with Gasteiger partial charge in [-0.3, -0.25) is 57.6 Å². The number of aryl methyl sites for hydroxylation is 2. The van der Waals surface area contributed by atoms with Gasteiger partial charge in [-0.2, -0.15) is 10.2 Å². The minimum Gasteiger partial charge on any atom is -0.378 e. The van der Waals surface area contributed by atoms with Crippen LogP contribution in [-0.4, -0.2) is 219 Å². The van der Waals surface area contributed by atoms with Gasteiger partial charge in [-0.25, -0.2) is 13.2 Å². The standard InChI is InChI=1S/C22H28FN3O3.C20H25FN2O.C19H24ClN3O2S.C19H23FN2O2.C18H23ClN2O2S/c1-16-14-20(25-24-16)21(27)26(15-18-4-2-3-5-19(18)23)11-8-17-6-9-22(10-7-17)28-12-13-29-22;1-15-11-18(12-22-15)20(24)23(13-16-7-3-2-4-8-16)14-17-9-5-6-10-19(17)21;1-14-11-18(22-21-14)19(24)23(12-16-5-3-4-6-17(16)20)9-7-15-8-10-26(2,25)13-15;1-14-11-16(12-21-14)19(23)22(9-8-17-6-4-10-24-17)13-15-5-2-3-7-18(15)20;1-14-11-16(12-20-14)18(22)21(9-6-10-24(2,3)23)13-15-7-4-5-8-17(15)19/h2-5,14,17H,6-13,15H2,1H3,(H,24,25);5-6,9-11,16H,2-4,7-8,12-14H2,1H3;3-6,11,15H,2,7-10,12-13H2,1H3,(H,21,22);2-3,5,7,11,17H,4,6,8-10,12-13H2,1H3;4-5,7-8,11H,2,6,9-10,12-13H2,1,3H3. The third-order valence-electron chi connectivity index (χ3n) is 24.0. The van der Waals surface area contributed by atoms with Crippen molar-refractivity contribution in [3.63, 3.8) is 0 Å². The lowest BCUT2D eigenvalue weighted by atomic mass is 9.83. The summed E-state index contributed by atoms with van der Waals surface area (Å²) in [5.41, 5.74) is 10.6. The molecule has 1 spiro atoms. The summed E-state index contributed by atoms with van der Waals surface area (Å²) in [4.78, 5) is 86.2. The average molecular weight is 1820 g/mol. The first-order valence-electron chi connectivity index (χ1n) is 44.3. The van der Waals surface area contributed by atoms with E-state index in [1.54, 1.807) is 86.5 Å². The van der Waals surface area contributed by atoms with Gasteiger partial charge in [0.1, 0.15) is 28.8 Å². The molecule has 0 bridgehead atoms. The van der Waals surface area contributed by atoms with E-state index in [0.717, 1.165) is 129 Å². The fraction of sp³-hybridized carbons (Fsp3) is 0.469. The SMILES string of the molecule is C=S(C)(=O)CCCN(Cc1ccccc1Cl)C(=O)C1=CC(C)=NC1.C=S1(=O)CCC(CCN(Cc2ccccc2Cl)C(=O)c2cc(C)[nH]n2)C1.CC1=NCC(C(=O)N(CCC2CCCO2)Cc2ccccc2F)=C1.CC1=NCC(C(=O)N(Cc2ccccc2F)CC2CCCCC2)=C1.Cc1cc(C(=O)N(CCC2CCC3(CC2)OCCO3)Cc2ccccc2F)n[nH]1. The minimum absolute atomic E-state index is 0.00410. The maximum absolute atomic E-state index is 14.2. The first-order valence-corrected chi connectivity index (χ1v) is 49.4. The second-order valence-corrected chi connectivity index (χ2v) is 40.9. The van der Waals surface area contributed by atoms with Crippen molar-refractivity contribution in [2.75, 3.05) is 95.7 Å². The second kappa shape index (κ2) is 47.6. The summed E-state index contributed by atoms with van der Waals surface area (Å²) in [5, 5.41) is 15.1. The van der Waals surface area contributed by atoms with Gasteiger partial charge in [-0.05, 0) is 226 Å². The van der Waals surface area contributed by atoms with E-state index in [-0.39, 0.29) is 72.0 Å². The number of aromatic nitrogens is 4. The van der Waals surface area contributed by atoms with Crippen LogP contribution < -0.4 is 0 Å². The maximum atomic E-state index is 14.2. The van der Waals surface area contributed by atoms with Crippen LogP contribution in [0.2, 0.25) is 10.0 Å². The highest BCUT2D eigenvalue weighted by Gasteiger charge is 2.41. The van der Waals surface area contributed by atoms with Crippen LogP contribution in [0.4, 0.5) is 13.2 Å². The smallest absolute Gasteiger partial charge is 0.274 e. The number of allylic oxidation sites excluding steroid dienone is 3. The first kappa shape index (κ1) is 98.0. The van der Waals surface area contributed by atoms with E-state index in [1.807, 2.05) is 112 Å². The summed E-state index contributed by atoms with van der Waals surface area (Å²) < 4.78 is 83.4. The van der Waals surface area contributed by atoms with Gasteiger partial charge < -0.3 is 38.7 Å². The topological polar surface area (TPSA) is 258 Å². The van der Waals surface area contributed by atoms with Crippen LogP contribution in [0, 0.1) is 49.1 Å². The van der Waals surface area contributed by atoms with Gasteiger partial charge in [-0.1, -0.05) is 133 Å². The molecule has 0 radical (unpaired) electrons. The number of carbonyl (C=O) groups excluding carboxylic acids is 5. The molecule has 29 heteroatoms. The van der Waals surface area contributed by atoms with Crippen molar-refractivity contribution < 1.29 is 59.8 Å². The number of H-pyrrole nitrogens is 2. The zero-order chi connectivity index (χ0) is 90.6. The molecular weight excluding hydrogens is 1700 g/mol. The highest BCUT2D eigenvalue weighted by Crippen LogP contribution is 2.40. The number of nitrogens with zero attached hydrogens (tertiary/aromatic N) is 10. The van der Waals surface area contributed by atoms with E-state index < -0.39 is 19.0 Å². The Morgan fingerprint density at radius 3 is 1.29 bits per heavy atom. The van der Waals surface area contributed by atoms with E-state index in [0.29, 0.717) is 176 Å². The number of rotatable bonds is 30. The minimum atomic E-state index is -2.06. The molecule has 5 amide bonds. The van der Waals surface area contributed by atoms with E-state index in [2.05, 4.69) is 47.1 Å². The van der Waals surface area contributed by atoms with E-state index in [1.165, 1.54) is 37.5 Å². The fourth-order valence-corrected chi connectivity index (χ4v) is 20.2. The summed E-state index contributed by atoms with van der Waals surface area (Å²) in [6.07, 6.45) is 23.4. The number of amides is 5. The summed E-state index contributed by atoms with van der Waals surface area (Å²) in [6.45, 7) is 17.5. The molecule has 2 aliphatic carbocycles. The van der Waals surface area contributed by atoms with Gasteiger partial charge in [0.25, 0.3) is 29.5 Å². The number of carbonyl (C=O) groups is 5. The van der Waals surface area contributed by atoms with Crippen molar-refractivity contribution in [3.05, 3.63) is 246 Å². The number of aliphatic imine (C=N–C) groups is 3. The van der Waals surface area contributed by atoms with Crippen molar-refractivity contribution in [1.29, 1.82) is 0 Å². The maximum Gasteiger partial charge on any atom is 0.274 e. The Labute approximate surface area is 757 Å². The van der Waals surface area contributed by atoms with Crippen molar-refractivity contribution in [2.45, 2.75) is 182 Å². The number of aromatic amines is 2. The highest BCUT2D eigenvalue weighted by atomic mass is 35.5. The molecule has 2 N–H and O–H groups in total. The predicted molar refractivity (Wildman–Crippen MR) is 502 cm³/mol. The normalized spacial score (nSPS) is 19.2. The van der Waals surface area contributed by atoms with Crippen molar-refractivity contribution >= 4 is 101 Å². The number of hydrogen-bond donors (Lipinski definition) is 2. The Morgan fingerprint density at radius 2 is 0.898 bits per heavy atom. The predicted octanol–water partition coefficient (Wildman–Crippen LogP) is 17.0. The van der Waals surface area contributed by atoms with Gasteiger partial charge in [-0.15, -0.1) is 0 Å². The molecule has 3 saturated heterocycles. The van der Waals surface area contributed by atoms with Crippen LogP contribution in [0.15, 0.2) is 183 Å². The fourth-order valence-electron chi connectivity index (χ4n) is 16.9. The third kappa shape index (κ3) is 30.5. The van der Waals surface area contributed by atoms with E-state index >= 15 is 0 Å². The van der Waals surface area contributed by atoms with Gasteiger partial charge >= 0.3 is 0 Å². The molecule has 682 valence electrons. The quantitative estimate of drug-likeness (QED) is 0.0399. The third-order valence-corrected chi connectivity index (χ3v) is 28.0. The molecule has 2 saturated carbocycles. The Bertz CT molecular complexity index is 5350. The van der Waals surface area contributed by atoms with Crippen molar-refractivity contribution in [3.8, 4) is 0 Å². The molecule has 4 unspecified atom stereocenters. The summed E-state index contributed by atoms with van der Waals surface area (Å²) in [6, 6.07) is 38.5. The van der Waals surface area contributed by atoms with Gasteiger partial charge in [0.15, 0.2) is 5.79 Å². The number of halogens is 5. The molecule has 22 nitrogen and oxygen atoms in total. The number of ether oxygens (including phenoxy) is 3. The largest absolute Gasteiger partial charge is 0.378 e. The van der Waals surface area contributed by atoms with Crippen molar-refractivity contribution in [1.82, 2.24) is 44.9 Å². The van der Waals surface area contributed by atoms with E-state index in [9.17, 15) is 45.6 Å². The lowest BCUT2D eigenvalue weighted by Gasteiger charge is -2.36. The molecular formula is C98H123Cl2F3N12O10S2. The lowest BCUT2D eigenvalue weighted by molar-refractivity contribution is -0.182. The molecule has 2 aromatic heterocycles. The number of nitrogens with one attached hydrogen (secondary N) is 2. The Morgan fingerprint density at radius 1 is 0.496 bits per heavy atom. The molecule has 8 heterocycles. The monoisotopic (exact) mass is 1820 g/mol. The van der Waals surface area contributed by atoms with Crippen LogP contribution in [0.25, 0.3) is 0 Å². The van der Waals surface area contributed by atoms with Gasteiger partial charge in [0.2, 0.25) is 0 Å². The molecule has 8 aliphatic rings. The second-order valence-electron chi connectivity index (χ2n) is 34.6. The highest BCUT2D eigenvalue weighted by molar-refractivity contribution is 8.00. The summed E-state index contributed by atoms with van der Waals surface area (Å²) in [7, 11) is -3.98. The average Bonchev–Trinajstić information content (AvgIpc) is 1.78. The Hall–Kier alpha value is -9.61. The van der Waals surface area contributed by atoms with Crippen LogP contribution in [-0.2, 0) is 80.4 Å². The van der Waals surface area contributed by atoms with Crippen LogP contribution in [0.5, 0.6) is 0 Å². The van der Waals surface area contributed by atoms with Crippen LogP contribution >= 0.6 is 23.2 Å². The molecule has 5 fully saturated rings. The Balaban J connectivity index is 0.000000154. The van der Waals surface area contributed by atoms with Crippen LogP contribution in [0.3, 0.4) is 0 Å². The summed E-state index contributed by atoms with van der Waals surface area (Å²) in [5.74, 6) is 9.14. The van der Waals surface area contributed by atoms with Crippen molar-refractivity contribution in [2.24, 2.45) is 32.7 Å². The van der Waals surface area contributed by atoms with Gasteiger partial charge in [0, 0.05) is 180 Å². The first-order chi connectivity index (χ1) is 60.9. The molecule has 4 atom stereocenters.